The molecule has 12 nitrogen and oxygen atoms in total. The van der Waals surface area contributed by atoms with Crippen LogP contribution in [-0.2, 0) is 28.5 Å². The van der Waals surface area contributed by atoms with Crippen LogP contribution >= 0.6 is 0 Å². The van der Waals surface area contributed by atoms with Crippen LogP contribution in [0.3, 0.4) is 0 Å². The zero-order valence-corrected chi connectivity index (χ0v) is 24.0. The smallest absolute Gasteiger partial charge is 0.235 e. The lowest BCUT2D eigenvalue weighted by Gasteiger charge is -2.28. The predicted molar refractivity (Wildman–Crippen MR) is 152 cm³/mol. The Bertz CT molecular complexity index is 759. The van der Waals surface area contributed by atoms with Crippen LogP contribution in [0.2, 0.25) is 0 Å². The molecule has 0 saturated heterocycles. The number of carbonyl (C=O) groups is 2. The number of aldehydes is 2. The van der Waals surface area contributed by atoms with Crippen LogP contribution in [0.1, 0.15) is 53.4 Å². The lowest BCUT2D eigenvalue weighted by Crippen LogP contribution is -2.36. The first-order valence-electron chi connectivity index (χ1n) is 13.7. The van der Waals surface area contributed by atoms with E-state index in [4.69, 9.17) is 33.9 Å². The molecule has 0 spiro atoms. The van der Waals surface area contributed by atoms with Gasteiger partial charge in [-0.3, -0.25) is 19.4 Å². The highest BCUT2D eigenvalue weighted by atomic mass is 16.5. The molecule has 0 fully saturated rings. The van der Waals surface area contributed by atoms with Crippen LogP contribution in [0, 0.1) is 0 Å². The highest BCUT2D eigenvalue weighted by Crippen LogP contribution is 2.20. The molecule has 0 aromatic carbocycles. The van der Waals surface area contributed by atoms with Gasteiger partial charge in [-0.15, -0.1) is 0 Å². The van der Waals surface area contributed by atoms with Crippen LogP contribution in [0.15, 0.2) is 24.3 Å². The van der Waals surface area contributed by atoms with Crippen molar-refractivity contribution in [1.82, 2.24) is 15.0 Å². The van der Waals surface area contributed by atoms with Gasteiger partial charge in [0.1, 0.15) is 39.5 Å². The van der Waals surface area contributed by atoms with Crippen molar-refractivity contribution in [2.45, 2.75) is 53.4 Å². The van der Waals surface area contributed by atoms with E-state index in [0.29, 0.717) is 69.9 Å². The lowest BCUT2D eigenvalue weighted by atomic mass is 10.4. The summed E-state index contributed by atoms with van der Waals surface area (Å²) in [6, 6.07) is 0. The summed E-state index contributed by atoms with van der Waals surface area (Å²) in [5.74, 6) is 1.08. The summed E-state index contributed by atoms with van der Waals surface area (Å²) in [4.78, 5) is 41.5. The molecule has 0 amide bonds. The summed E-state index contributed by atoms with van der Waals surface area (Å²) in [5.41, 5.74) is 0. The van der Waals surface area contributed by atoms with Crippen molar-refractivity contribution >= 4 is 30.4 Å². The van der Waals surface area contributed by atoms with Gasteiger partial charge in [-0.1, -0.05) is 39.8 Å². The number of allylic oxidation sites excluding steroid dienone is 2. The monoisotopic (exact) mass is 550 g/mol. The van der Waals surface area contributed by atoms with Crippen LogP contribution in [0.5, 0.6) is 0 Å². The average Bonchev–Trinajstić information content (AvgIpc) is 2.95. The number of nitrogens with zero attached hydrogens (tertiary/aromatic N) is 6. The van der Waals surface area contributed by atoms with Gasteiger partial charge in [0.15, 0.2) is 0 Å². The second-order valence-electron chi connectivity index (χ2n) is 8.50. The third-order valence-electron chi connectivity index (χ3n) is 4.91. The molecule has 0 bridgehead atoms. The van der Waals surface area contributed by atoms with E-state index in [0.717, 1.165) is 25.7 Å². The van der Waals surface area contributed by atoms with Gasteiger partial charge in [0, 0.05) is 39.5 Å². The van der Waals surface area contributed by atoms with Gasteiger partial charge in [0.2, 0.25) is 17.8 Å². The van der Waals surface area contributed by atoms with E-state index in [9.17, 15) is 9.59 Å². The minimum atomic E-state index is 0.231. The summed E-state index contributed by atoms with van der Waals surface area (Å²) < 4.78 is 23.3. The summed E-state index contributed by atoms with van der Waals surface area (Å²) in [5, 5.41) is 0. The number of ether oxygens (including phenoxy) is 4. The lowest BCUT2D eigenvalue weighted by molar-refractivity contribution is -0.104. The Morgan fingerprint density at radius 3 is 1.13 bits per heavy atom. The van der Waals surface area contributed by atoms with E-state index in [1.807, 2.05) is 32.6 Å². The maximum Gasteiger partial charge on any atom is 0.235 e. The van der Waals surface area contributed by atoms with Gasteiger partial charge in [-0.2, -0.15) is 15.0 Å². The molecule has 0 unspecified atom stereocenters. The minimum Gasteiger partial charge on any atom is -0.361 e. The molecule has 0 N–H and O–H groups in total. The number of hydrogen-bond acceptors (Lipinski definition) is 12. The largest absolute Gasteiger partial charge is 0.361 e. The Morgan fingerprint density at radius 2 is 0.846 bits per heavy atom. The van der Waals surface area contributed by atoms with Gasteiger partial charge in [-0.05, 0) is 37.8 Å². The van der Waals surface area contributed by atoms with Crippen LogP contribution < -0.4 is 14.7 Å². The van der Waals surface area contributed by atoms with Crippen LogP contribution in [0.25, 0.3) is 0 Å². The van der Waals surface area contributed by atoms with Crippen LogP contribution in [-0.4, -0.2) is 94.0 Å². The van der Waals surface area contributed by atoms with Gasteiger partial charge in [0.05, 0.1) is 0 Å². The third kappa shape index (κ3) is 14.7. The fourth-order valence-corrected chi connectivity index (χ4v) is 3.07. The summed E-state index contributed by atoms with van der Waals surface area (Å²) in [6.07, 6.45) is 11.1. The quantitative estimate of drug-likeness (QED) is 0.0768. The van der Waals surface area contributed by atoms with Crippen molar-refractivity contribution in [2.75, 3.05) is 81.1 Å². The molecule has 1 heterocycles. The van der Waals surface area contributed by atoms with Crippen molar-refractivity contribution in [2.24, 2.45) is 0 Å². The number of rotatable bonds is 25. The number of anilines is 3. The molecule has 39 heavy (non-hydrogen) atoms. The molecule has 1 aromatic rings. The fourth-order valence-electron chi connectivity index (χ4n) is 3.07. The van der Waals surface area contributed by atoms with Gasteiger partial charge in [0.25, 0.3) is 0 Å². The second kappa shape index (κ2) is 23.0. The molecule has 220 valence electrons. The van der Waals surface area contributed by atoms with Crippen molar-refractivity contribution in [3.05, 3.63) is 24.3 Å². The van der Waals surface area contributed by atoms with Gasteiger partial charge < -0.3 is 23.8 Å². The Morgan fingerprint density at radius 1 is 0.538 bits per heavy atom. The molecule has 0 radical (unpaired) electrons. The molecular weight excluding hydrogens is 504 g/mol. The van der Waals surface area contributed by atoms with Gasteiger partial charge >= 0.3 is 0 Å². The number of hydrogen-bond donors (Lipinski definition) is 0. The Kier molecular flexibility index (Phi) is 20.1. The standard InChI is InChI=1S/C27H46N6O6/c1-5-17-36-21-32(22-37-18-6-2)26-28-25(31(13-9-11-15-34)14-10-12-16-35)29-27(30-26)33(23-38-19-7-3)24-39-20-8-4/h9-12,15-16H,5-8,13-14,17-24H2,1-4H3/b11-9+,12-10+. The summed E-state index contributed by atoms with van der Waals surface area (Å²) in [6.45, 7) is 12.1. The first-order chi connectivity index (χ1) is 19.1. The number of carbonyl (C=O) groups excluding carboxylic acids is 2. The topological polar surface area (TPSA) is 119 Å². The Labute approximate surface area is 233 Å². The SMILES string of the molecule is CCCOCN(COCCC)c1nc(N(C/C=C/C=O)C/C=C/C=O)nc(N(COCCC)COCCC)n1. The second-order valence-corrected chi connectivity index (χ2v) is 8.50. The molecule has 0 aliphatic rings. The molecule has 12 heteroatoms. The molecule has 0 atom stereocenters. The first-order valence-corrected chi connectivity index (χ1v) is 13.7. The molecule has 0 aliphatic carbocycles. The van der Waals surface area contributed by atoms with Crippen molar-refractivity contribution < 1.29 is 28.5 Å². The Hall–Kier alpha value is -2.93. The summed E-state index contributed by atoms with van der Waals surface area (Å²) >= 11 is 0. The Balaban J connectivity index is 3.56. The minimum absolute atomic E-state index is 0.231. The van der Waals surface area contributed by atoms with E-state index >= 15 is 0 Å². The summed E-state index contributed by atoms with van der Waals surface area (Å²) in [7, 11) is 0. The number of aromatic nitrogens is 3. The zero-order chi connectivity index (χ0) is 28.6. The highest BCUT2D eigenvalue weighted by Gasteiger charge is 2.21. The van der Waals surface area contributed by atoms with Crippen molar-refractivity contribution in [3.63, 3.8) is 0 Å². The molecule has 0 saturated carbocycles. The normalized spacial score (nSPS) is 11.4. The highest BCUT2D eigenvalue weighted by molar-refractivity contribution is 5.65. The molecule has 1 rings (SSSR count). The molecular formula is C27H46N6O6. The first kappa shape index (κ1) is 34.1. The molecule has 0 aliphatic heterocycles. The zero-order valence-electron chi connectivity index (χ0n) is 24.0. The fraction of sp³-hybridized carbons (Fsp3) is 0.667. The average molecular weight is 551 g/mol. The predicted octanol–water partition coefficient (Wildman–Crippen LogP) is 3.34. The molecule has 1 aromatic heterocycles. The van der Waals surface area contributed by atoms with Crippen molar-refractivity contribution in [3.8, 4) is 0 Å². The van der Waals surface area contributed by atoms with Crippen molar-refractivity contribution in [1.29, 1.82) is 0 Å². The third-order valence-corrected chi connectivity index (χ3v) is 4.91. The van der Waals surface area contributed by atoms with E-state index in [1.165, 1.54) is 12.2 Å². The maximum absolute atomic E-state index is 10.9. The van der Waals surface area contributed by atoms with E-state index in [1.54, 1.807) is 22.0 Å². The van der Waals surface area contributed by atoms with E-state index in [2.05, 4.69) is 0 Å². The van der Waals surface area contributed by atoms with Crippen LogP contribution in [0.4, 0.5) is 17.8 Å². The maximum atomic E-state index is 10.9. The van der Waals surface area contributed by atoms with Gasteiger partial charge in [-0.25, -0.2) is 0 Å². The van der Waals surface area contributed by atoms with E-state index in [-0.39, 0.29) is 26.9 Å². The van der Waals surface area contributed by atoms with E-state index < -0.39 is 0 Å².